The van der Waals surface area contributed by atoms with E-state index in [1.807, 2.05) is 0 Å². The van der Waals surface area contributed by atoms with Gasteiger partial charge in [-0.1, -0.05) is 46.4 Å². The minimum Gasteiger partial charge on any atom is -0.446 e. The van der Waals surface area contributed by atoms with Crippen molar-refractivity contribution in [1.29, 1.82) is 0 Å². The number of hydrogen-bond acceptors (Lipinski definition) is 6. The molecule has 3 atom stereocenters. The zero-order chi connectivity index (χ0) is 29.9. The smallest absolute Gasteiger partial charge is 0.411 e. The molecule has 2 amide bonds. The molecule has 2 N–H and O–H groups in total. The number of hydrogen-bond donors (Lipinski definition) is 2. The predicted octanol–water partition coefficient (Wildman–Crippen LogP) is 8.87. The summed E-state index contributed by atoms with van der Waals surface area (Å²) in [6, 6.07) is 9.67. The van der Waals surface area contributed by atoms with Crippen LogP contribution in [-0.4, -0.2) is 29.7 Å². The molecule has 1 unspecified atom stereocenters. The van der Waals surface area contributed by atoms with E-state index in [0.29, 0.717) is 44.3 Å². The number of carbonyl (C=O) groups excluding carboxylic acids is 2. The fraction of sp³-hybridized carbons (Fsp3) is 0.548. The third kappa shape index (κ3) is 5.97. The van der Waals surface area contributed by atoms with Gasteiger partial charge in [-0.05, 0) is 92.7 Å². The third-order valence-electron chi connectivity index (χ3n) is 9.80. The van der Waals surface area contributed by atoms with Crippen molar-refractivity contribution in [3.05, 3.63) is 56.5 Å². The molecule has 1 heterocycles. The Hall–Kier alpha value is -1.78. The lowest BCUT2D eigenvalue weighted by Gasteiger charge is -2.57. The number of anilines is 2. The summed E-state index contributed by atoms with van der Waals surface area (Å²) >= 11 is 24.7. The van der Waals surface area contributed by atoms with Gasteiger partial charge in [-0.25, -0.2) is 4.79 Å². The average molecular weight is 670 g/mol. The van der Waals surface area contributed by atoms with Gasteiger partial charge in [0.15, 0.2) is 0 Å². The van der Waals surface area contributed by atoms with Crippen LogP contribution in [0.3, 0.4) is 0 Å². The van der Waals surface area contributed by atoms with Crippen LogP contribution in [0, 0.1) is 29.6 Å². The highest BCUT2D eigenvalue weighted by molar-refractivity contribution is 6.36. The van der Waals surface area contributed by atoms with Crippen LogP contribution in [0.15, 0.2) is 36.4 Å². The molecular formula is C31H32Cl4N2O6. The third-order valence-corrected chi connectivity index (χ3v) is 10.9. The van der Waals surface area contributed by atoms with Crippen molar-refractivity contribution >= 4 is 69.8 Å². The monoisotopic (exact) mass is 668 g/mol. The molecule has 5 aliphatic carbocycles. The van der Waals surface area contributed by atoms with Crippen LogP contribution in [0.2, 0.25) is 20.1 Å². The summed E-state index contributed by atoms with van der Waals surface area (Å²) < 4.78 is 12.8. The molecule has 0 radical (unpaired) electrons. The minimum atomic E-state index is -1.15. The first-order chi connectivity index (χ1) is 20.6. The van der Waals surface area contributed by atoms with Gasteiger partial charge in [-0.15, -0.1) is 0 Å². The summed E-state index contributed by atoms with van der Waals surface area (Å²) in [6.45, 7) is 0. The molecule has 12 heteroatoms. The van der Waals surface area contributed by atoms with Gasteiger partial charge in [0.1, 0.15) is 6.10 Å². The molecule has 6 fully saturated rings. The van der Waals surface area contributed by atoms with E-state index in [4.69, 9.17) is 65.7 Å². The maximum absolute atomic E-state index is 13.2. The second-order valence-corrected chi connectivity index (χ2v) is 14.6. The average Bonchev–Trinajstić information content (AvgIpc) is 3.29. The van der Waals surface area contributed by atoms with Gasteiger partial charge >= 0.3 is 6.09 Å². The van der Waals surface area contributed by atoms with Gasteiger partial charge in [0.2, 0.25) is 17.5 Å². The number of halogens is 4. The fourth-order valence-corrected chi connectivity index (χ4v) is 9.03. The highest BCUT2D eigenvalue weighted by Crippen LogP contribution is 2.64. The second kappa shape index (κ2) is 11.5. The first-order valence-electron chi connectivity index (χ1n) is 14.8. The predicted molar refractivity (Wildman–Crippen MR) is 163 cm³/mol. The molecule has 2 spiro atoms. The van der Waals surface area contributed by atoms with Gasteiger partial charge in [0, 0.05) is 41.1 Å². The highest BCUT2D eigenvalue weighted by atomic mass is 35.5. The van der Waals surface area contributed by atoms with Crippen molar-refractivity contribution in [3.8, 4) is 0 Å². The van der Waals surface area contributed by atoms with Crippen LogP contribution in [0.5, 0.6) is 0 Å². The Kier molecular flexibility index (Phi) is 8.03. The molecule has 0 aromatic heterocycles. The Morgan fingerprint density at radius 1 is 0.791 bits per heavy atom. The number of benzene rings is 2. The zero-order valence-corrected chi connectivity index (χ0v) is 26.3. The quantitative estimate of drug-likeness (QED) is 0.309. The van der Waals surface area contributed by atoms with Crippen molar-refractivity contribution in [1.82, 2.24) is 0 Å². The molecule has 5 saturated carbocycles. The number of nitrogens with one attached hydrogen (secondary N) is 2. The topological polar surface area (TPSA) is 95.1 Å². The van der Waals surface area contributed by atoms with Crippen LogP contribution in [-0.2, 0) is 24.0 Å². The SMILES string of the molecule is O=C(C[C@@H]1C[C@H](OC(=O)Nc2cc(Cl)ccc2Cl)CC2(C1)OOC1(O2)C2CC3CC(C2)CC1C3)Nc1cc(Cl)ccc1Cl. The summed E-state index contributed by atoms with van der Waals surface area (Å²) in [7, 11) is 0. The van der Waals surface area contributed by atoms with Crippen LogP contribution >= 0.6 is 46.4 Å². The Labute approximate surface area is 269 Å². The molecule has 4 bridgehead atoms. The number of carbonyl (C=O) groups is 2. The Morgan fingerprint density at radius 3 is 2.02 bits per heavy atom. The van der Waals surface area contributed by atoms with E-state index in [-0.39, 0.29) is 36.5 Å². The Balaban J connectivity index is 1.09. The van der Waals surface area contributed by atoms with Gasteiger partial charge < -0.3 is 14.8 Å². The first kappa shape index (κ1) is 29.9. The molecule has 2 aromatic carbocycles. The van der Waals surface area contributed by atoms with Crippen LogP contribution in [0.1, 0.15) is 57.8 Å². The number of ether oxygens (including phenoxy) is 2. The molecule has 8 nitrogen and oxygen atoms in total. The Morgan fingerprint density at radius 2 is 1.40 bits per heavy atom. The number of amides is 2. The van der Waals surface area contributed by atoms with Gasteiger partial charge in [0.05, 0.1) is 21.4 Å². The van der Waals surface area contributed by atoms with Crippen molar-refractivity contribution in [2.45, 2.75) is 75.5 Å². The van der Waals surface area contributed by atoms with E-state index >= 15 is 0 Å². The normalized spacial score (nSPS) is 35.8. The molecule has 2 aromatic rings. The lowest BCUT2D eigenvalue weighted by molar-refractivity contribution is -0.391. The van der Waals surface area contributed by atoms with Gasteiger partial charge in [-0.3, -0.25) is 10.1 Å². The van der Waals surface area contributed by atoms with Crippen LogP contribution in [0.4, 0.5) is 16.2 Å². The Bertz CT molecular complexity index is 1340. The van der Waals surface area contributed by atoms with Crippen molar-refractivity contribution < 1.29 is 28.8 Å². The molecule has 1 aliphatic heterocycles. The summed E-state index contributed by atoms with van der Waals surface area (Å²) in [5.41, 5.74) is 0.766. The van der Waals surface area contributed by atoms with Gasteiger partial charge in [0.25, 0.3) is 0 Å². The lowest BCUT2D eigenvalue weighted by atomic mass is 9.53. The molecule has 1 saturated heterocycles. The summed E-state index contributed by atoms with van der Waals surface area (Å²) in [6.07, 6.45) is 5.51. The van der Waals surface area contributed by atoms with Crippen LogP contribution < -0.4 is 10.6 Å². The standard InChI is InChI=1S/C31H32Cl4N2O6/c32-21-1-3-24(34)26(12-21)36-28(38)11-18-10-23(40-29(39)37-27-13-22(33)2-4-25(27)35)15-30(14-18)41-31(43-42-30)19-6-16-5-17(8-19)9-20(31)7-16/h1-4,12-13,16-20,23H,5-11,14-15H2,(H,36,38)(H,37,39)/t16?,17?,18-,19?,20?,23-,30?,31?/m0/s1. The van der Waals surface area contributed by atoms with E-state index in [1.165, 1.54) is 6.42 Å². The number of rotatable bonds is 5. The summed E-state index contributed by atoms with van der Waals surface area (Å²) in [4.78, 5) is 38.6. The lowest BCUT2D eigenvalue weighted by Crippen LogP contribution is -2.59. The van der Waals surface area contributed by atoms with Crippen molar-refractivity contribution in [3.63, 3.8) is 0 Å². The van der Waals surface area contributed by atoms with E-state index in [2.05, 4.69) is 10.6 Å². The maximum atomic E-state index is 13.2. The minimum absolute atomic E-state index is 0.128. The van der Waals surface area contributed by atoms with Crippen LogP contribution in [0.25, 0.3) is 0 Å². The zero-order valence-electron chi connectivity index (χ0n) is 23.3. The molecule has 8 rings (SSSR count). The molecular weight excluding hydrogens is 638 g/mol. The first-order valence-corrected chi connectivity index (χ1v) is 16.3. The summed E-state index contributed by atoms with van der Waals surface area (Å²) in [5.74, 6) is -0.461. The van der Waals surface area contributed by atoms with Gasteiger partial charge in [-0.2, -0.15) is 9.78 Å². The molecule has 43 heavy (non-hydrogen) atoms. The van der Waals surface area contributed by atoms with Crippen molar-refractivity contribution in [2.75, 3.05) is 10.6 Å². The van der Waals surface area contributed by atoms with E-state index in [1.54, 1.807) is 36.4 Å². The maximum Gasteiger partial charge on any atom is 0.411 e. The van der Waals surface area contributed by atoms with E-state index in [9.17, 15) is 9.59 Å². The van der Waals surface area contributed by atoms with E-state index < -0.39 is 23.8 Å². The molecule has 6 aliphatic rings. The second-order valence-electron chi connectivity index (χ2n) is 12.9. The fourth-order valence-electron chi connectivity index (χ4n) is 8.36. The molecule has 230 valence electrons. The highest BCUT2D eigenvalue weighted by Gasteiger charge is 2.67. The van der Waals surface area contributed by atoms with E-state index in [0.717, 1.165) is 37.5 Å². The largest absolute Gasteiger partial charge is 0.446 e. The van der Waals surface area contributed by atoms with Crippen molar-refractivity contribution in [2.24, 2.45) is 29.6 Å². The summed E-state index contributed by atoms with van der Waals surface area (Å²) in [5, 5.41) is 7.14.